The number of rotatable bonds is 3. The lowest BCUT2D eigenvalue weighted by Crippen LogP contribution is -2.12. The van der Waals surface area contributed by atoms with E-state index < -0.39 is 11.6 Å². The third-order valence-electron chi connectivity index (χ3n) is 3.96. The maximum absolute atomic E-state index is 13.0. The van der Waals surface area contributed by atoms with Gasteiger partial charge in [-0.25, -0.2) is 8.78 Å². The Balaban J connectivity index is 1.83. The molecule has 0 atom stereocenters. The fourth-order valence-electron chi connectivity index (χ4n) is 2.68. The van der Waals surface area contributed by atoms with Crippen molar-refractivity contribution in [3.63, 3.8) is 0 Å². The highest BCUT2D eigenvalue weighted by molar-refractivity contribution is 5.17. The fourth-order valence-corrected chi connectivity index (χ4v) is 2.68. The summed E-state index contributed by atoms with van der Waals surface area (Å²) >= 11 is 0. The van der Waals surface area contributed by atoms with E-state index in [1.165, 1.54) is 37.8 Å². The summed E-state index contributed by atoms with van der Waals surface area (Å²) in [6.07, 6.45) is 7.22. The Morgan fingerprint density at radius 2 is 1.76 bits per heavy atom. The van der Waals surface area contributed by atoms with E-state index >= 15 is 0 Å². The molecule has 1 aliphatic rings. The van der Waals surface area contributed by atoms with Crippen molar-refractivity contribution in [2.24, 2.45) is 11.8 Å². The van der Waals surface area contributed by atoms with E-state index in [0.29, 0.717) is 0 Å². The van der Waals surface area contributed by atoms with Gasteiger partial charge in [-0.3, -0.25) is 0 Å². The van der Waals surface area contributed by atoms with E-state index in [2.05, 4.69) is 6.92 Å². The number of halogens is 2. The average molecular weight is 238 g/mol. The lowest BCUT2D eigenvalue weighted by molar-refractivity contribution is 0.277. The first-order chi connectivity index (χ1) is 8.15. The van der Waals surface area contributed by atoms with E-state index in [1.807, 2.05) is 0 Å². The zero-order chi connectivity index (χ0) is 12.3. The van der Waals surface area contributed by atoms with Crippen molar-refractivity contribution in [3.8, 4) is 0 Å². The van der Waals surface area contributed by atoms with E-state index in [1.54, 1.807) is 6.07 Å². The molecule has 1 fully saturated rings. The molecule has 1 aromatic carbocycles. The Bertz CT molecular complexity index is 365. The molecule has 0 radical (unpaired) electrons. The van der Waals surface area contributed by atoms with Crippen molar-refractivity contribution in [1.29, 1.82) is 0 Å². The molecule has 0 heterocycles. The molecule has 0 N–H and O–H groups in total. The molecule has 0 aromatic heterocycles. The molecule has 0 nitrogen and oxygen atoms in total. The van der Waals surface area contributed by atoms with Crippen molar-refractivity contribution in [2.75, 3.05) is 0 Å². The van der Waals surface area contributed by atoms with Crippen LogP contribution in [0.1, 0.15) is 44.6 Å². The van der Waals surface area contributed by atoms with Gasteiger partial charge in [-0.1, -0.05) is 38.7 Å². The SMILES string of the molecule is C[C@H]1CC[C@H](CCc2ccc(F)c(F)c2)CC1. The molecule has 0 spiro atoms. The van der Waals surface area contributed by atoms with Gasteiger partial charge < -0.3 is 0 Å². The average Bonchev–Trinajstić information content (AvgIpc) is 2.33. The van der Waals surface area contributed by atoms with E-state index in [4.69, 9.17) is 0 Å². The summed E-state index contributed by atoms with van der Waals surface area (Å²) in [6, 6.07) is 4.26. The monoisotopic (exact) mass is 238 g/mol. The van der Waals surface area contributed by atoms with E-state index in [9.17, 15) is 8.78 Å². The van der Waals surface area contributed by atoms with Gasteiger partial charge in [0, 0.05) is 0 Å². The highest BCUT2D eigenvalue weighted by atomic mass is 19.2. The molecule has 2 heteroatoms. The lowest BCUT2D eigenvalue weighted by Gasteiger charge is -2.26. The van der Waals surface area contributed by atoms with Crippen LogP contribution in [0.15, 0.2) is 18.2 Å². The number of hydrogen-bond acceptors (Lipinski definition) is 0. The molecule has 0 amide bonds. The van der Waals surface area contributed by atoms with Crippen LogP contribution >= 0.6 is 0 Å². The van der Waals surface area contributed by atoms with Crippen LogP contribution in [-0.2, 0) is 6.42 Å². The number of benzene rings is 1. The van der Waals surface area contributed by atoms with Crippen LogP contribution in [0.2, 0.25) is 0 Å². The smallest absolute Gasteiger partial charge is 0.159 e. The summed E-state index contributed by atoms with van der Waals surface area (Å²) in [4.78, 5) is 0. The van der Waals surface area contributed by atoms with Crippen molar-refractivity contribution in [2.45, 2.75) is 45.4 Å². The Labute approximate surface area is 102 Å². The summed E-state index contributed by atoms with van der Waals surface area (Å²) in [5.41, 5.74) is 0.919. The van der Waals surface area contributed by atoms with Gasteiger partial charge in [0.1, 0.15) is 0 Å². The van der Waals surface area contributed by atoms with Gasteiger partial charge >= 0.3 is 0 Å². The minimum atomic E-state index is -0.750. The molecule has 1 aromatic rings. The second-order valence-electron chi connectivity index (χ2n) is 5.41. The van der Waals surface area contributed by atoms with Crippen LogP contribution in [0.25, 0.3) is 0 Å². The van der Waals surface area contributed by atoms with Crippen LogP contribution in [0, 0.1) is 23.5 Å². The summed E-state index contributed by atoms with van der Waals surface area (Å²) < 4.78 is 25.8. The zero-order valence-electron chi connectivity index (χ0n) is 10.4. The first-order valence-electron chi connectivity index (χ1n) is 6.59. The Morgan fingerprint density at radius 1 is 1.06 bits per heavy atom. The van der Waals surface area contributed by atoms with Crippen molar-refractivity contribution in [3.05, 3.63) is 35.4 Å². The van der Waals surface area contributed by atoms with Gasteiger partial charge in [-0.05, 0) is 42.4 Å². The largest absolute Gasteiger partial charge is 0.204 e. The zero-order valence-corrected chi connectivity index (χ0v) is 10.4. The molecular weight excluding hydrogens is 218 g/mol. The van der Waals surface area contributed by atoms with Crippen molar-refractivity contribution >= 4 is 0 Å². The predicted octanol–water partition coefficient (Wildman–Crippen LogP) is 4.72. The van der Waals surface area contributed by atoms with Gasteiger partial charge in [-0.15, -0.1) is 0 Å². The molecule has 1 saturated carbocycles. The minimum Gasteiger partial charge on any atom is -0.204 e. The first-order valence-corrected chi connectivity index (χ1v) is 6.59. The highest BCUT2D eigenvalue weighted by Crippen LogP contribution is 2.31. The topological polar surface area (TPSA) is 0 Å². The Kier molecular flexibility index (Phi) is 4.14. The maximum Gasteiger partial charge on any atom is 0.159 e. The fraction of sp³-hybridized carbons (Fsp3) is 0.600. The molecule has 0 bridgehead atoms. The van der Waals surface area contributed by atoms with E-state index in [-0.39, 0.29) is 0 Å². The van der Waals surface area contributed by atoms with Gasteiger partial charge in [0.05, 0.1) is 0 Å². The van der Waals surface area contributed by atoms with E-state index in [0.717, 1.165) is 30.2 Å². The van der Waals surface area contributed by atoms with Gasteiger partial charge in [0.25, 0.3) is 0 Å². The number of hydrogen-bond donors (Lipinski definition) is 0. The normalized spacial score (nSPS) is 24.9. The summed E-state index contributed by atoms with van der Waals surface area (Å²) in [7, 11) is 0. The van der Waals surface area contributed by atoms with Crippen LogP contribution < -0.4 is 0 Å². The van der Waals surface area contributed by atoms with Crippen LogP contribution in [0.4, 0.5) is 8.78 Å². The van der Waals surface area contributed by atoms with Gasteiger partial charge in [-0.2, -0.15) is 0 Å². The summed E-state index contributed by atoms with van der Waals surface area (Å²) in [6.45, 7) is 2.31. The van der Waals surface area contributed by atoms with Gasteiger partial charge in [0.2, 0.25) is 0 Å². The molecular formula is C15H20F2. The molecule has 2 rings (SSSR count). The Hall–Kier alpha value is -0.920. The van der Waals surface area contributed by atoms with Crippen molar-refractivity contribution in [1.82, 2.24) is 0 Å². The second-order valence-corrected chi connectivity index (χ2v) is 5.41. The lowest BCUT2D eigenvalue weighted by atomic mass is 9.80. The summed E-state index contributed by atoms with van der Waals surface area (Å²) in [5.74, 6) is 0.175. The highest BCUT2D eigenvalue weighted by Gasteiger charge is 2.17. The molecule has 0 aliphatic heterocycles. The number of aryl methyl sites for hydroxylation is 1. The predicted molar refractivity (Wildman–Crippen MR) is 65.8 cm³/mol. The Morgan fingerprint density at radius 3 is 2.41 bits per heavy atom. The first kappa shape index (κ1) is 12.5. The quantitative estimate of drug-likeness (QED) is 0.714. The third-order valence-corrected chi connectivity index (χ3v) is 3.96. The second kappa shape index (κ2) is 5.61. The van der Waals surface area contributed by atoms with Crippen LogP contribution in [0.3, 0.4) is 0 Å². The summed E-state index contributed by atoms with van der Waals surface area (Å²) in [5, 5.41) is 0. The van der Waals surface area contributed by atoms with Crippen LogP contribution in [-0.4, -0.2) is 0 Å². The molecule has 17 heavy (non-hydrogen) atoms. The minimum absolute atomic E-state index is 0.722. The van der Waals surface area contributed by atoms with Crippen molar-refractivity contribution < 1.29 is 8.78 Å². The van der Waals surface area contributed by atoms with Crippen LogP contribution in [0.5, 0.6) is 0 Å². The standard InChI is InChI=1S/C15H20F2/c1-11-2-4-12(5-3-11)6-7-13-8-9-14(16)15(17)10-13/h8-12H,2-7H2,1H3/t11-,12-. The molecule has 94 valence electrons. The van der Waals surface area contributed by atoms with Gasteiger partial charge in [0.15, 0.2) is 11.6 Å². The third kappa shape index (κ3) is 3.52. The molecule has 1 aliphatic carbocycles. The maximum atomic E-state index is 13.0. The molecule has 0 saturated heterocycles. The molecule has 0 unspecified atom stereocenters.